The molecule has 7 nitrogen and oxygen atoms in total. The average molecular weight is 287 g/mol. The van der Waals surface area contributed by atoms with Gasteiger partial charge in [-0.3, -0.25) is 10.1 Å². The number of nitrogens with zero attached hydrogens (tertiary/aromatic N) is 4. The van der Waals surface area contributed by atoms with Crippen molar-refractivity contribution in [1.82, 2.24) is 9.97 Å². The number of hydrogen-bond acceptors (Lipinski definition) is 6. The van der Waals surface area contributed by atoms with E-state index in [2.05, 4.69) is 15.3 Å². The van der Waals surface area contributed by atoms with Gasteiger partial charge in [0.2, 0.25) is 11.6 Å². The number of benzene rings is 1. The number of nitro groups is 1. The molecule has 0 aliphatic rings. The van der Waals surface area contributed by atoms with Gasteiger partial charge in [-0.1, -0.05) is 12.1 Å². The molecule has 0 atom stereocenters. The normalized spacial score (nSPS) is 10.2. The van der Waals surface area contributed by atoms with Crippen molar-refractivity contribution < 1.29 is 4.92 Å². The fourth-order valence-corrected chi connectivity index (χ4v) is 2.04. The van der Waals surface area contributed by atoms with E-state index in [0.29, 0.717) is 6.54 Å². The van der Waals surface area contributed by atoms with Gasteiger partial charge in [-0.05, 0) is 31.5 Å². The molecule has 0 saturated carbocycles. The Morgan fingerprint density at radius 1 is 1.38 bits per heavy atom. The lowest BCUT2D eigenvalue weighted by atomic mass is 10.2. The first kappa shape index (κ1) is 14.7. The minimum atomic E-state index is -0.459. The van der Waals surface area contributed by atoms with Gasteiger partial charge in [-0.25, -0.2) is 9.97 Å². The van der Waals surface area contributed by atoms with Crippen LogP contribution in [-0.4, -0.2) is 28.5 Å². The molecule has 0 bridgehead atoms. The first-order valence-electron chi connectivity index (χ1n) is 6.58. The van der Waals surface area contributed by atoms with Crippen LogP contribution in [0.25, 0.3) is 0 Å². The van der Waals surface area contributed by atoms with Gasteiger partial charge in [-0.2, -0.15) is 0 Å². The van der Waals surface area contributed by atoms with Gasteiger partial charge in [-0.15, -0.1) is 0 Å². The number of aryl methyl sites for hydroxylation is 1. The van der Waals surface area contributed by atoms with Crippen molar-refractivity contribution in [2.45, 2.75) is 13.8 Å². The molecule has 0 spiro atoms. The van der Waals surface area contributed by atoms with Gasteiger partial charge in [0.15, 0.2) is 0 Å². The third-order valence-electron chi connectivity index (χ3n) is 3.04. The zero-order chi connectivity index (χ0) is 15.4. The predicted octanol–water partition coefficient (Wildman–Crippen LogP) is 2.89. The lowest BCUT2D eigenvalue weighted by Crippen LogP contribution is -2.15. The van der Waals surface area contributed by atoms with Crippen molar-refractivity contribution in [1.29, 1.82) is 0 Å². The Hall–Kier alpha value is -2.70. The average Bonchev–Trinajstić information content (AvgIpc) is 2.46. The maximum Gasteiger partial charge on any atom is 0.353 e. The van der Waals surface area contributed by atoms with E-state index < -0.39 is 4.92 Å². The van der Waals surface area contributed by atoms with Gasteiger partial charge in [0.1, 0.15) is 6.33 Å². The molecule has 0 amide bonds. The molecule has 0 aliphatic heterocycles. The number of nitrogens with one attached hydrogen (secondary N) is 1. The molecule has 0 unspecified atom stereocenters. The highest BCUT2D eigenvalue weighted by atomic mass is 16.6. The molecule has 1 aromatic carbocycles. The molecule has 2 rings (SSSR count). The van der Waals surface area contributed by atoms with E-state index in [1.165, 1.54) is 6.33 Å². The summed E-state index contributed by atoms with van der Waals surface area (Å²) in [4.78, 5) is 20.6. The number of anilines is 3. The zero-order valence-corrected chi connectivity index (χ0v) is 12.2. The summed E-state index contributed by atoms with van der Waals surface area (Å²) in [7, 11) is 1.75. The van der Waals surface area contributed by atoms with Crippen molar-refractivity contribution in [2.75, 3.05) is 23.8 Å². The summed E-state index contributed by atoms with van der Waals surface area (Å²) >= 11 is 0. The quantitative estimate of drug-likeness (QED) is 0.672. The third kappa shape index (κ3) is 3.07. The second-order valence-corrected chi connectivity index (χ2v) is 4.58. The van der Waals surface area contributed by atoms with E-state index in [-0.39, 0.29) is 17.3 Å². The van der Waals surface area contributed by atoms with Crippen LogP contribution in [0.5, 0.6) is 0 Å². The lowest BCUT2D eigenvalue weighted by Gasteiger charge is -2.19. The maximum atomic E-state index is 11.4. The molecular formula is C14H17N5O2. The summed E-state index contributed by atoms with van der Waals surface area (Å²) in [5, 5.41) is 14.3. The van der Waals surface area contributed by atoms with E-state index in [1.807, 2.05) is 38.1 Å². The molecule has 1 aromatic heterocycles. The van der Waals surface area contributed by atoms with Crippen LogP contribution >= 0.6 is 0 Å². The maximum absolute atomic E-state index is 11.4. The fraction of sp³-hybridized carbons (Fsp3) is 0.286. The highest BCUT2D eigenvalue weighted by molar-refractivity contribution is 5.75. The SMILES string of the molecule is CCNc1ncnc(N(C)c2cccc(C)c2)c1[N+](=O)[O-]. The van der Waals surface area contributed by atoms with Crippen molar-refractivity contribution in [3.05, 3.63) is 46.3 Å². The first-order chi connectivity index (χ1) is 10.0. The van der Waals surface area contributed by atoms with Gasteiger partial charge in [0.25, 0.3) is 0 Å². The van der Waals surface area contributed by atoms with Crippen LogP contribution in [-0.2, 0) is 0 Å². The molecule has 7 heteroatoms. The fourth-order valence-electron chi connectivity index (χ4n) is 2.04. The van der Waals surface area contributed by atoms with Crippen molar-refractivity contribution in [3.63, 3.8) is 0 Å². The largest absolute Gasteiger partial charge is 0.364 e. The van der Waals surface area contributed by atoms with E-state index in [0.717, 1.165) is 11.3 Å². The highest BCUT2D eigenvalue weighted by Crippen LogP contribution is 2.34. The molecule has 0 saturated heterocycles. The van der Waals surface area contributed by atoms with Crippen LogP contribution in [0.3, 0.4) is 0 Å². The Kier molecular flexibility index (Phi) is 4.32. The third-order valence-corrected chi connectivity index (χ3v) is 3.04. The van der Waals surface area contributed by atoms with Crippen molar-refractivity contribution >= 4 is 23.0 Å². The first-order valence-corrected chi connectivity index (χ1v) is 6.58. The highest BCUT2D eigenvalue weighted by Gasteiger charge is 2.25. The molecule has 1 heterocycles. The van der Waals surface area contributed by atoms with E-state index in [1.54, 1.807) is 11.9 Å². The molecule has 110 valence electrons. The molecule has 1 N–H and O–H groups in total. The Morgan fingerprint density at radius 3 is 2.76 bits per heavy atom. The van der Waals surface area contributed by atoms with Gasteiger partial charge >= 0.3 is 5.69 Å². The number of rotatable bonds is 5. The second-order valence-electron chi connectivity index (χ2n) is 4.58. The minimum Gasteiger partial charge on any atom is -0.364 e. The Morgan fingerprint density at radius 2 is 2.14 bits per heavy atom. The zero-order valence-electron chi connectivity index (χ0n) is 12.2. The summed E-state index contributed by atoms with van der Waals surface area (Å²) in [5.74, 6) is 0.489. The summed E-state index contributed by atoms with van der Waals surface area (Å²) in [6, 6.07) is 7.69. The number of aromatic nitrogens is 2. The van der Waals surface area contributed by atoms with Crippen LogP contribution in [0.15, 0.2) is 30.6 Å². The molecule has 0 fully saturated rings. The summed E-state index contributed by atoms with van der Waals surface area (Å²) in [6.07, 6.45) is 1.33. The van der Waals surface area contributed by atoms with Gasteiger partial charge in [0, 0.05) is 19.3 Å². The van der Waals surface area contributed by atoms with Crippen LogP contribution in [0.1, 0.15) is 12.5 Å². The Labute approximate surface area is 122 Å². The smallest absolute Gasteiger partial charge is 0.353 e. The van der Waals surface area contributed by atoms with Crippen LogP contribution in [0.2, 0.25) is 0 Å². The summed E-state index contributed by atoms with van der Waals surface area (Å²) in [5.41, 5.74) is 1.78. The summed E-state index contributed by atoms with van der Waals surface area (Å²) < 4.78 is 0. The van der Waals surface area contributed by atoms with E-state index in [4.69, 9.17) is 0 Å². The molecule has 2 aromatic rings. The van der Waals surface area contributed by atoms with Crippen LogP contribution in [0.4, 0.5) is 23.0 Å². The molecular weight excluding hydrogens is 270 g/mol. The lowest BCUT2D eigenvalue weighted by molar-refractivity contribution is -0.383. The standard InChI is InChI=1S/C14H17N5O2/c1-4-15-13-12(19(20)21)14(17-9-16-13)18(3)11-7-5-6-10(2)8-11/h5-9H,4H2,1-3H3,(H,15,16,17). The Balaban J connectivity index is 2.52. The predicted molar refractivity (Wildman–Crippen MR) is 82.1 cm³/mol. The molecule has 0 aliphatic carbocycles. The molecule has 0 radical (unpaired) electrons. The second kappa shape index (κ2) is 6.17. The van der Waals surface area contributed by atoms with Crippen LogP contribution in [0, 0.1) is 17.0 Å². The van der Waals surface area contributed by atoms with E-state index >= 15 is 0 Å². The van der Waals surface area contributed by atoms with Crippen molar-refractivity contribution in [2.24, 2.45) is 0 Å². The topological polar surface area (TPSA) is 84.2 Å². The minimum absolute atomic E-state index is 0.122. The summed E-state index contributed by atoms with van der Waals surface area (Å²) in [6.45, 7) is 4.37. The molecule has 21 heavy (non-hydrogen) atoms. The van der Waals surface area contributed by atoms with E-state index in [9.17, 15) is 10.1 Å². The number of hydrogen-bond donors (Lipinski definition) is 1. The van der Waals surface area contributed by atoms with Gasteiger partial charge < -0.3 is 10.2 Å². The van der Waals surface area contributed by atoms with Crippen LogP contribution < -0.4 is 10.2 Å². The monoisotopic (exact) mass is 287 g/mol. The van der Waals surface area contributed by atoms with Crippen molar-refractivity contribution in [3.8, 4) is 0 Å². The van der Waals surface area contributed by atoms with Gasteiger partial charge in [0.05, 0.1) is 4.92 Å². The Bertz CT molecular complexity index is 660.